The standard InChI is InChI=1S/C7H13ClO3/c1-3-5(9)6(8)7(10)11-4-2/h5-6,9H,3-4H2,1-2H3/t5-,6+/m1/s1. The minimum Gasteiger partial charge on any atom is -0.465 e. The van der Waals surface area contributed by atoms with Crippen molar-refractivity contribution in [2.24, 2.45) is 0 Å². The molecule has 1 N–H and O–H groups in total. The van der Waals surface area contributed by atoms with Crippen LogP contribution in [-0.2, 0) is 9.53 Å². The Morgan fingerprint density at radius 3 is 2.55 bits per heavy atom. The van der Waals surface area contributed by atoms with Gasteiger partial charge in [-0.1, -0.05) is 6.92 Å². The molecule has 0 aromatic rings. The second-order valence-corrected chi connectivity index (χ2v) is 2.60. The van der Waals surface area contributed by atoms with Crippen molar-refractivity contribution in [1.29, 1.82) is 0 Å². The molecule has 0 aromatic heterocycles. The lowest BCUT2D eigenvalue weighted by Crippen LogP contribution is -2.30. The Hall–Kier alpha value is -0.280. The van der Waals surface area contributed by atoms with Crippen LogP contribution in [0.4, 0.5) is 0 Å². The molecule has 0 radical (unpaired) electrons. The summed E-state index contributed by atoms with van der Waals surface area (Å²) in [5, 5.41) is 8.16. The van der Waals surface area contributed by atoms with Crippen molar-refractivity contribution in [3.63, 3.8) is 0 Å². The molecule has 0 spiro atoms. The molecule has 4 heteroatoms. The van der Waals surface area contributed by atoms with Gasteiger partial charge in [0.25, 0.3) is 0 Å². The van der Waals surface area contributed by atoms with E-state index >= 15 is 0 Å². The topological polar surface area (TPSA) is 46.5 Å². The predicted octanol–water partition coefficient (Wildman–Crippen LogP) is 0.928. The molecule has 0 saturated carbocycles. The van der Waals surface area contributed by atoms with E-state index < -0.39 is 17.5 Å². The highest BCUT2D eigenvalue weighted by Gasteiger charge is 2.23. The second kappa shape index (κ2) is 5.38. The molecule has 3 nitrogen and oxygen atoms in total. The number of aliphatic hydroxyl groups is 1. The largest absolute Gasteiger partial charge is 0.465 e. The minimum atomic E-state index is -0.931. The van der Waals surface area contributed by atoms with Crippen LogP contribution < -0.4 is 0 Å². The summed E-state index contributed by atoms with van der Waals surface area (Å²) in [5.41, 5.74) is 0. The van der Waals surface area contributed by atoms with Crippen LogP contribution in [-0.4, -0.2) is 29.2 Å². The van der Waals surface area contributed by atoms with Gasteiger partial charge in [-0.3, -0.25) is 4.79 Å². The molecule has 0 amide bonds. The van der Waals surface area contributed by atoms with Gasteiger partial charge in [0.05, 0.1) is 12.7 Å². The van der Waals surface area contributed by atoms with E-state index in [2.05, 4.69) is 4.74 Å². The van der Waals surface area contributed by atoms with Crippen molar-refractivity contribution in [3.05, 3.63) is 0 Å². The Morgan fingerprint density at radius 1 is 1.64 bits per heavy atom. The van der Waals surface area contributed by atoms with Crippen molar-refractivity contribution >= 4 is 17.6 Å². The summed E-state index contributed by atoms with van der Waals surface area (Å²) in [5.74, 6) is -0.552. The maximum absolute atomic E-state index is 10.8. The number of halogens is 1. The number of carbonyl (C=O) groups is 1. The van der Waals surface area contributed by atoms with Gasteiger partial charge in [0.15, 0.2) is 5.38 Å². The van der Waals surface area contributed by atoms with Crippen molar-refractivity contribution in [2.75, 3.05) is 6.61 Å². The smallest absolute Gasteiger partial charge is 0.326 e. The molecule has 0 aliphatic heterocycles. The lowest BCUT2D eigenvalue weighted by atomic mass is 10.2. The lowest BCUT2D eigenvalue weighted by Gasteiger charge is -2.12. The van der Waals surface area contributed by atoms with Crippen LogP contribution in [0, 0.1) is 0 Å². The van der Waals surface area contributed by atoms with Gasteiger partial charge in [0.2, 0.25) is 0 Å². The molecule has 0 heterocycles. The molecular formula is C7H13ClO3. The normalized spacial score (nSPS) is 15.6. The van der Waals surface area contributed by atoms with Gasteiger partial charge in [-0.05, 0) is 13.3 Å². The van der Waals surface area contributed by atoms with E-state index in [-0.39, 0.29) is 0 Å². The highest BCUT2D eigenvalue weighted by Crippen LogP contribution is 2.08. The number of alkyl halides is 1. The number of hydrogen-bond acceptors (Lipinski definition) is 3. The molecule has 0 aliphatic rings. The summed E-state index contributed by atoms with van der Waals surface area (Å²) in [6.45, 7) is 3.73. The average molecular weight is 181 g/mol. The molecule has 11 heavy (non-hydrogen) atoms. The second-order valence-electron chi connectivity index (χ2n) is 2.13. The maximum Gasteiger partial charge on any atom is 0.326 e. The van der Waals surface area contributed by atoms with E-state index in [4.69, 9.17) is 16.7 Å². The van der Waals surface area contributed by atoms with Gasteiger partial charge in [0, 0.05) is 0 Å². The van der Waals surface area contributed by atoms with E-state index in [1.807, 2.05) is 0 Å². The number of aliphatic hydroxyl groups excluding tert-OH is 1. The summed E-state index contributed by atoms with van der Waals surface area (Å²) in [6, 6.07) is 0. The third kappa shape index (κ3) is 3.58. The first-order valence-corrected chi connectivity index (χ1v) is 4.05. The van der Waals surface area contributed by atoms with E-state index in [0.29, 0.717) is 13.0 Å². The number of carbonyl (C=O) groups excluding carboxylic acids is 1. The third-order valence-corrected chi connectivity index (χ3v) is 1.74. The molecule has 0 aliphatic carbocycles. The fourth-order valence-corrected chi connectivity index (χ4v) is 0.827. The summed E-state index contributed by atoms with van der Waals surface area (Å²) in [4.78, 5) is 10.8. The van der Waals surface area contributed by atoms with Gasteiger partial charge >= 0.3 is 5.97 Å². The van der Waals surface area contributed by atoms with Gasteiger partial charge in [-0.2, -0.15) is 0 Å². The first kappa shape index (κ1) is 10.7. The summed E-state index contributed by atoms with van der Waals surface area (Å²) in [6.07, 6.45) is -0.358. The molecule has 0 rings (SSSR count). The van der Waals surface area contributed by atoms with Crippen LogP contribution in [0.25, 0.3) is 0 Å². The van der Waals surface area contributed by atoms with E-state index in [0.717, 1.165) is 0 Å². The van der Waals surface area contributed by atoms with Gasteiger partial charge < -0.3 is 9.84 Å². The van der Waals surface area contributed by atoms with Crippen LogP contribution in [0.5, 0.6) is 0 Å². The fourth-order valence-electron chi connectivity index (χ4n) is 0.586. The van der Waals surface area contributed by atoms with Crippen LogP contribution >= 0.6 is 11.6 Å². The zero-order chi connectivity index (χ0) is 8.85. The minimum absolute atomic E-state index is 0.290. The molecule has 0 unspecified atom stereocenters. The van der Waals surface area contributed by atoms with Crippen LogP contribution in [0.3, 0.4) is 0 Å². The van der Waals surface area contributed by atoms with E-state index in [1.165, 1.54) is 0 Å². The Morgan fingerprint density at radius 2 is 2.18 bits per heavy atom. The first-order chi connectivity index (χ1) is 5.13. The van der Waals surface area contributed by atoms with Crippen molar-refractivity contribution < 1.29 is 14.6 Å². The monoisotopic (exact) mass is 180 g/mol. The van der Waals surface area contributed by atoms with E-state index in [9.17, 15) is 4.79 Å². The quantitative estimate of drug-likeness (QED) is 0.517. The Kier molecular flexibility index (Phi) is 5.24. The lowest BCUT2D eigenvalue weighted by molar-refractivity contribution is -0.144. The highest BCUT2D eigenvalue weighted by molar-refractivity contribution is 6.30. The van der Waals surface area contributed by atoms with Crippen LogP contribution in [0.2, 0.25) is 0 Å². The fraction of sp³-hybridized carbons (Fsp3) is 0.857. The molecule has 0 fully saturated rings. The van der Waals surface area contributed by atoms with Crippen molar-refractivity contribution in [1.82, 2.24) is 0 Å². The average Bonchev–Trinajstić information content (AvgIpc) is 2.02. The Bertz CT molecular complexity index is 127. The van der Waals surface area contributed by atoms with Gasteiger partial charge in [-0.25, -0.2) is 0 Å². The Balaban J connectivity index is 3.80. The first-order valence-electron chi connectivity index (χ1n) is 3.62. The molecule has 0 aromatic carbocycles. The molecular weight excluding hydrogens is 168 g/mol. The summed E-state index contributed by atoms with van der Waals surface area (Å²) in [7, 11) is 0. The van der Waals surface area contributed by atoms with Gasteiger partial charge in [0.1, 0.15) is 0 Å². The van der Waals surface area contributed by atoms with Crippen molar-refractivity contribution in [2.45, 2.75) is 31.7 Å². The number of hydrogen-bond donors (Lipinski definition) is 1. The Labute approximate surface area is 71.3 Å². The van der Waals surface area contributed by atoms with Gasteiger partial charge in [-0.15, -0.1) is 11.6 Å². The van der Waals surface area contributed by atoms with Crippen molar-refractivity contribution in [3.8, 4) is 0 Å². The summed E-state index contributed by atoms with van der Waals surface area (Å²) >= 11 is 5.54. The highest BCUT2D eigenvalue weighted by atomic mass is 35.5. The predicted molar refractivity (Wildman–Crippen MR) is 42.6 cm³/mol. The zero-order valence-electron chi connectivity index (χ0n) is 6.71. The van der Waals surface area contributed by atoms with E-state index in [1.54, 1.807) is 13.8 Å². The zero-order valence-corrected chi connectivity index (χ0v) is 7.47. The number of esters is 1. The molecule has 66 valence electrons. The van der Waals surface area contributed by atoms with Crippen LogP contribution in [0.15, 0.2) is 0 Å². The molecule has 2 atom stereocenters. The molecule has 0 bridgehead atoms. The SMILES string of the molecule is CCOC(=O)[C@@H](Cl)[C@H](O)CC. The van der Waals surface area contributed by atoms with Crippen LogP contribution in [0.1, 0.15) is 20.3 Å². The number of rotatable bonds is 4. The summed E-state index contributed by atoms with van der Waals surface area (Å²) < 4.78 is 4.60. The molecule has 0 saturated heterocycles. The maximum atomic E-state index is 10.8. The third-order valence-electron chi connectivity index (χ3n) is 1.27. The number of ether oxygens (including phenoxy) is 1.